The number of ether oxygens (including phenoxy) is 1. The minimum Gasteiger partial charge on any atom is -0.496 e. The van der Waals surface area contributed by atoms with Crippen molar-refractivity contribution in [3.05, 3.63) is 29.3 Å². The number of methoxy groups -OCH3 is 1. The van der Waals surface area contributed by atoms with Gasteiger partial charge in [0.15, 0.2) is 0 Å². The lowest BCUT2D eigenvalue weighted by atomic mass is 9.99. The average Bonchev–Trinajstić information content (AvgIpc) is 2.41. The van der Waals surface area contributed by atoms with Gasteiger partial charge in [-0.2, -0.15) is 0 Å². The van der Waals surface area contributed by atoms with Crippen LogP contribution in [0.15, 0.2) is 18.2 Å². The van der Waals surface area contributed by atoms with E-state index in [0.29, 0.717) is 12.0 Å². The van der Waals surface area contributed by atoms with E-state index < -0.39 is 0 Å². The number of nitrogens with one attached hydrogen (secondary N) is 1. The van der Waals surface area contributed by atoms with Gasteiger partial charge in [-0.25, -0.2) is 0 Å². The highest BCUT2D eigenvalue weighted by Crippen LogP contribution is 2.26. The van der Waals surface area contributed by atoms with Crippen molar-refractivity contribution in [3.8, 4) is 5.75 Å². The molecule has 0 amide bonds. The maximum atomic E-state index is 5.51. The van der Waals surface area contributed by atoms with Crippen LogP contribution in [0.5, 0.6) is 5.75 Å². The molecule has 1 aliphatic rings. The average molecular weight is 262 g/mol. The minimum absolute atomic E-state index is 0.560. The lowest BCUT2D eigenvalue weighted by Gasteiger charge is -2.34. The highest BCUT2D eigenvalue weighted by molar-refractivity contribution is 5.38. The maximum absolute atomic E-state index is 5.51. The molecular formula is C16H26N2O. The Hall–Kier alpha value is -1.06. The monoisotopic (exact) mass is 262 g/mol. The molecule has 19 heavy (non-hydrogen) atoms. The minimum atomic E-state index is 0.560. The van der Waals surface area contributed by atoms with E-state index in [1.807, 2.05) is 0 Å². The Morgan fingerprint density at radius 3 is 2.84 bits per heavy atom. The number of nitrogens with zero attached hydrogens (tertiary/aromatic N) is 1. The quantitative estimate of drug-likeness (QED) is 0.902. The first-order valence-corrected chi connectivity index (χ1v) is 7.23. The number of hydrogen-bond acceptors (Lipinski definition) is 3. The maximum Gasteiger partial charge on any atom is 0.123 e. The first-order chi connectivity index (χ1) is 9.11. The normalized spacial score (nSPS) is 20.8. The van der Waals surface area contributed by atoms with Gasteiger partial charge in [0.25, 0.3) is 0 Å². The van der Waals surface area contributed by atoms with Crippen molar-refractivity contribution in [1.29, 1.82) is 0 Å². The smallest absolute Gasteiger partial charge is 0.123 e. The van der Waals surface area contributed by atoms with Gasteiger partial charge in [0.1, 0.15) is 5.75 Å². The van der Waals surface area contributed by atoms with Gasteiger partial charge in [-0.1, -0.05) is 26.0 Å². The molecule has 1 saturated heterocycles. The summed E-state index contributed by atoms with van der Waals surface area (Å²) < 4.78 is 5.51. The summed E-state index contributed by atoms with van der Waals surface area (Å²) in [5.74, 6) is 1.57. The summed E-state index contributed by atoms with van der Waals surface area (Å²) in [5.41, 5.74) is 2.70. The van der Waals surface area contributed by atoms with E-state index in [2.05, 4.69) is 49.2 Å². The molecule has 1 N–H and O–H groups in total. The summed E-state index contributed by atoms with van der Waals surface area (Å²) in [4.78, 5) is 2.53. The van der Waals surface area contributed by atoms with Gasteiger partial charge < -0.3 is 10.1 Å². The third-order valence-corrected chi connectivity index (χ3v) is 3.98. The molecule has 0 aliphatic carbocycles. The number of piperazine rings is 1. The van der Waals surface area contributed by atoms with Crippen molar-refractivity contribution in [3.63, 3.8) is 0 Å². The second-order valence-corrected chi connectivity index (χ2v) is 5.75. The van der Waals surface area contributed by atoms with Crippen molar-refractivity contribution in [2.24, 2.45) is 0 Å². The van der Waals surface area contributed by atoms with Crippen LogP contribution in [-0.4, -0.2) is 37.7 Å². The van der Waals surface area contributed by atoms with Crippen molar-refractivity contribution in [2.45, 2.75) is 39.3 Å². The zero-order valence-electron chi connectivity index (χ0n) is 12.6. The molecule has 3 heteroatoms. The third kappa shape index (κ3) is 3.48. The molecule has 1 unspecified atom stereocenters. The summed E-state index contributed by atoms with van der Waals surface area (Å²) in [5, 5.41) is 3.44. The SMILES string of the molecule is COc1ccc(C(C)C)cc1CN1CCNCC1C. The van der Waals surface area contributed by atoms with Gasteiger partial charge in [0, 0.05) is 37.8 Å². The topological polar surface area (TPSA) is 24.5 Å². The van der Waals surface area contributed by atoms with Crippen LogP contribution in [0.25, 0.3) is 0 Å². The van der Waals surface area contributed by atoms with Crippen LogP contribution in [0, 0.1) is 0 Å². The second-order valence-electron chi connectivity index (χ2n) is 5.75. The first-order valence-electron chi connectivity index (χ1n) is 7.23. The first kappa shape index (κ1) is 14.4. The summed E-state index contributed by atoms with van der Waals surface area (Å²) in [7, 11) is 1.76. The van der Waals surface area contributed by atoms with E-state index in [9.17, 15) is 0 Å². The van der Waals surface area contributed by atoms with Crippen molar-refractivity contribution in [2.75, 3.05) is 26.7 Å². The van der Waals surface area contributed by atoms with E-state index in [-0.39, 0.29) is 0 Å². The molecule has 1 aliphatic heterocycles. The largest absolute Gasteiger partial charge is 0.496 e. The van der Waals surface area contributed by atoms with E-state index in [1.54, 1.807) is 7.11 Å². The van der Waals surface area contributed by atoms with Gasteiger partial charge in [-0.15, -0.1) is 0 Å². The highest BCUT2D eigenvalue weighted by Gasteiger charge is 2.19. The molecule has 0 aromatic heterocycles. The fourth-order valence-corrected chi connectivity index (χ4v) is 2.62. The summed E-state index contributed by atoms with van der Waals surface area (Å²) >= 11 is 0. The predicted molar refractivity (Wildman–Crippen MR) is 79.8 cm³/mol. The van der Waals surface area contributed by atoms with E-state index in [1.165, 1.54) is 11.1 Å². The highest BCUT2D eigenvalue weighted by atomic mass is 16.5. The zero-order valence-corrected chi connectivity index (χ0v) is 12.6. The molecule has 1 aromatic carbocycles. The summed E-state index contributed by atoms with van der Waals surface area (Å²) in [6.45, 7) is 11.0. The summed E-state index contributed by atoms with van der Waals surface area (Å²) in [6.07, 6.45) is 0. The molecule has 1 fully saturated rings. The lowest BCUT2D eigenvalue weighted by molar-refractivity contribution is 0.164. The van der Waals surface area contributed by atoms with Gasteiger partial charge in [0.2, 0.25) is 0 Å². The Labute approximate surface area is 116 Å². The Morgan fingerprint density at radius 1 is 1.42 bits per heavy atom. The molecule has 1 aromatic rings. The molecule has 1 atom stereocenters. The number of rotatable bonds is 4. The van der Waals surface area contributed by atoms with Gasteiger partial charge in [0.05, 0.1) is 7.11 Å². The van der Waals surface area contributed by atoms with Crippen LogP contribution in [0.2, 0.25) is 0 Å². The molecule has 106 valence electrons. The lowest BCUT2D eigenvalue weighted by Crippen LogP contribution is -2.49. The molecule has 0 radical (unpaired) electrons. The Balaban J connectivity index is 2.19. The van der Waals surface area contributed by atoms with E-state index >= 15 is 0 Å². The van der Waals surface area contributed by atoms with Crippen LogP contribution in [0.4, 0.5) is 0 Å². The van der Waals surface area contributed by atoms with Gasteiger partial charge >= 0.3 is 0 Å². The molecular weight excluding hydrogens is 236 g/mol. The van der Waals surface area contributed by atoms with Crippen LogP contribution in [-0.2, 0) is 6.54 Å². The van der Waals surface area contributed by atoms with Crippen LogP contribution in [0.1, 0.15) is 37.8 Å². The fraction of sp³-hybridized carbons (Fsp3) is 0.625. The van der Waals surface area contributed by atoms with Crippen LogP contribution >= 0.6 is 0 Å². The Bertz CT molecular complexity index is 417. The molecule has 1 heterocycles. The Kier molecular flexibility index (Phi) is 4.83. The Morgan fingerprint density at radius 2 is 2.21 bits per heavy atom. The van der Waals surface area contributed by atoms with E-state index in [4.69, 9.17) is 4.74 Å². The molecule has 0 bridgehead atoms. The van der Waals surface area contributed by atoms with Crippen LogP contribution < -0.4 is 10.1 Å². The summed E-state index contributed by atoms with van der Waals surface area (Å²) in [6, 6.07) is 7.17. The van der Waals surface area contributed by atoms with Crippen molar-refractivity contribution < 1.29 is 4.74 Å². The van der Waals surface area contributed by atoms with E-state index in [0.717, 1.165) is 31.9 Å². The standard InChI is InChI=1S/C16H26N2O/c1-12(2)14-5-6-16(19-4)15(9-14)11-18-8-7-17-10-13(18)3/h5-6,9,12-13,17H,7-8,10-11H2,1-4H3. The van der Waals surface area contributed by atoms with Gasteiger partial charge in [-0.05, 0) is 24.5 Å². The van der Waals surface area contributed by atoms with Crippen molar-refractivity contribution in [1.82, 2.24) is 10.2 Å². The number of hydrogen-bond donors (Lipinski definition) is 1. The van der Waals surface area contributed by atoms with Crippen molar-refractivity contribution >= 4 is 0 Å². The zero-order chi connectivity index (χ0) is 13.8. The second kappa shape index (κ2) is 6.40. The molecule has 0 saturated carbocycles. The third-order valence-electron chi connectivity index (χ3n) is 3.98. The molecule has 0 spiro atoms. The van der Waals surface area contributed by atoms with Crippen LogP contribution in [0.3, 0.4) is 0 Å². The predicted octanol–water partition coefficient (Wildman–Crippen LogP) is 2.61. The van der Waals surface area contributed by atoms with Gasteiger partial charge in [-0.3, -0.25) is 4.90 Å². The molecule has 2 rings (SSSR count). The molecule has 3 nitrogen and oxygen atoms in total. The fourth-order valence-electron chi connectivity index (χ4n) is 2.62. The number of benzene rings is 1.